The molecular weight excluding hydrogens is 514 g/mol. The summed E-state index contributed by atoms with van der Waals surface area (Å²) < 4.78 is 47.7. The number of carbonyl (C=O) groups excluding carboxylic acids is 1. The lowest BCUT2D eigenvalue weighted by atomic mass is 9.96. The van der Waals surface area contributed by atoms with Gasteiger partial charge < -0.3 is 34.3 Å². The van der Waals surface area contributed by atoms with E-state index >= 15 is 8.78 Å². The van der Waals surface area contributed by atoms with Gasteiger partial charge >= 0.3 is 0 Å². The number of nitrogens with zero attached hydrogens (tertiary/aromatic N) is 3. The minimum Gasteiger partial charge on any atom is -0.469 e. The Bertz CT molecular complexity index is 1510. The van der Waals surface area contributed by atoms with E-state index in [9.17, 15) is 15.2 Å². The quantitative estimate of drug-likeness (QED) is 0.447. The maximum Gasteiger partial charge on any atom is 0.248 e. The molecule has 12 heteroatoms. The van der Waals surface area contributed by atoms with Crippen molar-refractivity contribution in [3.8, 4) is 23.2 Å². The van der Waals surface area contributed by atoms with Gasteiger partial charge in [0.2, 0.25) is 11.8 Å². The molecule has 2 fully saturated rings. The zero-order valence-electron chi connectivity index (χ0n) is 20.6. The number of carbonyl (C=O) groups is 1. The fourth-order valence-electron chi connectivity index (χ4n) is 5.33. The normalized spacial score (nSPS) is 24.5. The average molecular weight is 539 g/mol. The first kappa shape index (κ1) is 25.4. The van der Waals surface area contributed by atoms with Crippen molar-refractivity contribution in [2.45, 2.75) is 30.8 Å². The summed E-state index contributed by atoms with van der Waals surface area (Å²) >= 11 is 0. The number of aromatic nitrogens is 2. The maximum atomic E-state index is 15.3. The largest absolute Gasteiger partial charge is 0.469 e. The highest BCUT2D eigenvalue weighted by Crippen LogP contribution is 2.35. The number of pyridine rings is 1. The van der Waals surface area contributed by atoms with Crippen LogP contribution in [0, 0.1) is 23.0 Å². The van der Waals surface area contributed by atoms with Gasteiger partial charge in [-0.15, -0.1) is 0 Å². The lowest BCUT2D eigenvalue weighted by Gasteiger charge is -2.26. The Morgan fingerprint density at radius 2 is 2.00 bits per heavy atom. The summed E-state index contributed by atoms with van der Waals surface area (Å²) in [5, 5.41) is 28.8. The van der Waals surface area contributed by atoms with Gasteiger partial charge in [-0.05, 0) is 41.8 Å². The number of aliphatic hydroxyl groups excluding tert-OH is 2. The summed E-state index contributed by atoms with van der Waals surface area (Å²) in [6, 6.07) is 7.52. The number of benzene rings is 1. The van der Waals surface area contributed by atoms with Crippen LogP contribution in [0.15, 0.2) is 30.3 Å². The molecule has 3 N–H and O–H groups in total. The van der Waals surface area contributed by atoms with Gasteiger partial charge in [-0.1, -0.05) is 6.08 Å². The number of aliphatic hydroxyl groups is 2. The fourth-order valence-corrected chi connectivity index (χ4v) is 5.33. The van der Waals surface area contributed by atoms with Crippen molar-refractivity contribution in [2.75, 3.05) is 32.9 Å². The van der Waals surface area contributed by atoms with Crippen LogP contribution in [0.5, 0.6) is 5.88 Å². The van der Waals surface area contributed by atoms with Crippen molar-refractivity contribution in [1.29, 1.82) is 5.26 Å². The lowest BCUT2D eigenvalue weighted by molar-refractivity contribution is -0.133. The molecule has 10 nitrogen and oxygen atoms in total. The molecule has 1 amide bonds. The van der Waals surface area contributed by atoms with Crippen molar-refractivity contribution in [3.05, 3.63) is 53.1 Å². The van der Waals surface area contributed by atoms with E-state index in [-0.39, 0.29) is 48.0 Å². The third-order valence-corrected chi connectivity index (χ3v) is 7.34. The molecule has 3 aliphatic heterocycles. The van der Waals surface area contributed by atoms with E-state index in [1.807, 2.05) is 6.07 Å². The molecule has 202 valence electrons. The Hall–Kier alpha value is -3.89. The standard InChI is InChI=1S/C27H24F2N4O6/c28-16-7-14(13-3-5-33(6-4-13)22(36)10-34)8-17(29)23(16)18-1-2-19-24(31-18)15(9-30)27(32-19)39-21-12-38-25-20(35)11-37-26(21)25/h1-3,7-8,20-21,25-26,32,34-35H,4-6,10-12H2/t20-,21-,25?,26-/m1/s1. The Kier molecular flexibility index (Phi) is 6.52. The topological polar surface area (TPSA) is 141 Å². The van der Waals surface area contributed by atoms with Gasteiger partial charge in [0, 0.05) is 13.1 Å². The van der Waals surface area contributed by atoms with E-state index in [0.717, 1.165) is 0 Å². The Morgan fingerprint density at radius 3 is 2.69 bits per heavy atom. The number of hydrogen-bond acceptors (Lipinski definition) is 8. The van der Waals surface area contributed by atoms with Crippen LogP contribution in [0.2, 0.25) is 0 Å². The molecule has 3 aromatic rings. The van der Waals surface area contributed by atoms with Crippen LogP contribution < -0.4 is 4.74 Å². The second-order valence-electron chi connectivity index (χ2n) is 9.65. The predicted molar refractivity (Wildman–Crippen MR) is 132 cm³/mol. The zero-order chi connectivity index (χ0) is 27.3. The zero-order valence-corrected chi connectivity index (χ0v) is 20.6. The second-order valence-corrected chi connectivity index (χ2v) is 9.65. The molecule has 0 bridgehead atoms. The van der Waals surface area contributed by atoms with Gasteiger partial charge in [0.25, 0.3) is 0 Å². The number of amides is 1. The third kappa shape index (κ3) is 4.43. The number of halogens is 2. The Balaban J connectivity index is 1.28. The van der Waals surface area contributed by atoms with Gasteiger partial charge in [-0.25, -0.2) is 13.8 Å². The Labute approximate surface area is 221 Å². The molecule has 1 unspecified atom stereocenters. The van der Waals surface area contributed by atoms with Gasteiger partial charge in [0.1, 0.15) is 53.7 Å². The van der Waals surface area contributed by atoms with Crippen molar-refractivity contribution in [1.82, 2.24) is 14.9 Å². The molecule has 39 heavy (non-hydrogen) atoms. The molecule has 2 saturated heterocycles. The van der Waals surface area contributed by atoms with Gasteiger partial charge in [0.15, 0.2) is 6.10 Å². The summed E-state index contributed by atoms with van der Waals surface area (Å²) in [6.45, 7) is 0.292. The van der Waals surface area contributed by atoms with Crippen LogP contribution in [0.1, 0.15) is 17.5 Å². The van der Waals surface area contributed by atoms with Crippen molar-refractivity contribution >= 4 is 22.5 Å². The van der Waals surface area contributed by atoms with Crippen molar-refractivity contribution in [3.63, 3.8) is 0 Å². The highest BCUT2D eigenvalue weighted by Gasteiger charge is 2.48. The van der Waals surface area contributed by atoms with E-state index in [2.05, 4.69) is 9.97 Å². The van der Waals surface area contributed by atoms with E-state index < -0.39 is 48.6 Å². The molecule has 1 aromatic carbocycles. The van der Waals surface area contributed by atoms with E-state index in [4.69, 9.17) is 19.3 Å². The van der Waals surface area contributed by atoms with Crippen LogP contribution in [-0.4, -0.2) is 88.3 Å². The van der Waals surface area contributed by atoms with Gasteiger partial charge in [-0.3, -0.25) is 4.79 Å². The number of H-pyrrole nitrogens is 1. The third-order valence-electron chi connectivity index (χ3n) is 7.34. The molecule has 6 rings (SSSR count). The van der Waals surface area contributed by atoms with Gasteiger partial charge in [-0.2, -0.15) is 5.26 Å². The van der Waals surface area contributed by atoms with Crippen molar-refractivity contribution in [2.24, 2.45) is 0 Å². The minimum atomic E-state index is -0.816. The smallest absolute Gasteiger partial charge is 0.248 e. The Morgan fingerprint density at radius 1 is 1.23 bits per heavy atom. The second kappa shape index (κ2) is 10.0. The monoisotopic (exact) mass is 538 g/mol. The lowest BCUT2D eigenvalue weighted by Crippen LogP contribution is -2.36. The van der Waals surface area contributed by atoms with Crippen LogP contribution >= 0.6 is 0 Å². The SMILES string of the molecule is N#Cc1c(O[C@@H]2COC3[C@H](O)CO[C@@H]32)[nH]c2ccc(-c3c(F)cc(C4=CCN(C(=O)CO)CC4)cc3F)nc12. The summed E-state index contributed by atoms with van der Waals surface area (Å²) in [6.07, 6.45) is -0.191. The van der Waals surface area contributed by atoms with E-state index in [0.29, 0.717) is 29.6 Å². The number of fused-ring (bicyclic) bond motifs is 2. The number of ether oxygens (including phenoxy) is 3. The number of aromatic amines is 1. The van der Waals surface area contributed by atoms with E-state index in [1.54, 1.807) is 12.1 Å². The van der Waals surface area contributed by atoms with Crippen LogP contribution in [0.3, 0.4) is 0 Å². The molecule has 0 aliphatic carbocycles. The molecule has 0 radical (unpaired) electrons. The first-order chi connectivity index (χ1) is 18.9. The van der Waals surface area contributed by atoms with Crippen LogP contribution in [-0.2, 0) is 14.3 Å². The molecule has 0 spiro atoms. The highest BCUT2D eigenvalue weighted by atomic mass is 19.1. The van der Waals surface area contributed by atoms with Crippen molar-refractivity contribution < 1.29 is 38.0 Å². The number of nitrogens with one attached hydrogen (secondary N) is 1. The maximum absolute atomic E-state index is 15.3. The number of hydrogen-bond donors (Lipinski definition) is 3. The summed E-state index contributed by atoms with van der Waals surface area (Å²) in [7, 11) is 0. The summed E-state index contributed by atoms with van der Waals surface area (Å²) in [5.41, 5.74) is 1.44. The molecule has 4 atom stereocenters. The molecular formula is C27H24F2N4O6. The average Bonchev–Trinajstić information content (AvgIpc) is 3.62. The molecule has 5 heterocycles. The first-order valence-electron chi connectivity index (χ1n) is 12.5. The summed E-state index contributed by atoms with van der Waals surface area (Å²) in [5.74, 6) is -1.90. The molecule has 3 aliphatic rings. The van der Waals surface area contributed by atoms with Gasteiger partial charge in [0.05, 0.1) is 30.0 Å². The van der Waals surface area contributed by atoms with Crippen LogP contribution in [0.25, 0.3) is 27.9 Å². The number of rotatable bonds is 5. The fraction of sp³-hybridized carbons (Fsp3) is 0.370. The summed E-state index contributed by atoms with van der Waals surface area (Å²) in [4.78, 5) is 20.5. The predicted octanol–water partition coefficient (Wildman–Crippen LogP) is 1.89. The van der Waals surface area contributed by atoms with Crippen LogP contribution in [0.4, 0.5) is 8.78 Å². The molecule has 2 aromatic heterocycles. The number of nitriles is 1. The van der Waals surface area contributed by atoms with E-state index in [1.165, 1.54) is 23.1 Å². The first-order valence-corrected chi connectivity index (χ1v) is 12.5. The minimum absolute atomic E-state index is 0.00922. The highest BCUT2D eigenvalue weighted by molar-refractivity contribution is 5.87. The molecule has 0 saturated carbocycles.